The second-order valence-corrected chi connectivity index (χ2v) is 7.43. The number of carbonyl (C=O) groups is 1. The van der Waals surface area contributed by atoms with Gasteiger partial charge in [-0.1, -0.05) is 19.9 Å². The summed E-state index contributed by atoms with van der Waals surface area (Å²) in [4.78, 5) is 19.4. The third kappa shape index (κ3) is 5.03. The number of primary amides is 1. The van der Waals surface area contributed by atoms with Crippen LogP contribution < -0.4 is 5.73 Å². The van der Waals surface area contributed by atoms with Crippen LogP contribution in [0.5, 0.6) is 0 Å². The Hall–Kier alpha value is -1.42. The SMILES string of the molecule is CC(C)C[C@@](CCN(C(C)C)C(C)C)(C(N)=O)c1ccccn1. The summed E-state index contributed by atoms with van der Waals surface area (Å²) < 4.78 is 0. The fraction of sp³-hybridized carbons (Fsp3) is 0.684. The van der Waals surface area contributed by atoms with Gasteiger partial charge in [0.2, 0.25) is 5.91 Å². The topological polar surface area (TPSA) is 59.2 Å². The number of hydrogen-bond donors (Lipinski definition) is 1. The van der Waals surface area contributed by atoms with Gasteiger partial charge in [0, 0.05) is 24.8 Å². The van der Waals surface area contributed by atoms with Crippen LogP contribution in [0.1, 0.15) is 60.1 Å². The third-order valence-electron chi connectivity index (χ3n) is 4.51. The minimum absolute atomic E-state index is 0.266. The molecule has 0 aliphatic carbocycles. The second-order valence-electron chi connectivity index (χ2n) is 7.43. The Morgan fingerprint density at radius 3 is 2.17 bits per heavy atom. The predicted molar refractivity (Wildman–Crippen MR) is 96.2 cm³/mol. The monoisotopic (exact) mass is 319 g/mol. The van der Waals surface area contributed by atoms with Crippen molar-refractivity contribution in [3.63, 3.8) is 0 Å². The normalized spacial score (nSPS) is 14.7. The van der Waals surface area contributed by atoms with Gasteiger partial charge in [0.05, 0.1) is 11.1 Å². The predicted octanol–water partition coefficient (Wildman–Crippen LogP) is 3.36. The molecule has 1 rings (SSSR count). The number of pyridine rings is 1. The van der Waals surface area contributed by atoms with Gasteiger partial charge in [-0.05, 0) is 58.6 Å². The molecule has 4 nitrogen and oxygen atoms in total. The molecule has 4 heteroatoms. The van der Waals surface area contributed by atoms with Gasteiger partial charge in [0.15, 0.2) is 0 Å². The van der Waals surface area contributed by atoms with Crippen molar-refractivity contribution in [3.05, 3.63) is 30.1 Å². The lowest BCUT2D eigenvalue weighted by Crippen LogP contribution is -2.47. The molecular weight excluding hydrogens is 286 g/mol. The van der Waals surface area contributed by atoms with E-state index < -0.39 is 5.41 Å². The summed E-state index contributed by atoms with van der Waals surface area (Å²) in [6.07, 6.45) is 3.17. The first-order valence-corrected chi connectivity index (χ1v) is 8.68. The van der Waals surface area contributed by atoms with E-state index in [0.717, 1.165) is 18.7 Å². The lowest BCUT2D eigenvalue weighted by molar-refractivity contribution is -0.125. The van der Waals surface area contributed by atoms with E-state index in [4.69, 9.17) is 5.73 Å². The third-order valence-corrected chi connectivity index (χ3v) is 4.51. The molecule has 0 saturated heterocycles. The van der Waals surface area contributed by atoms with Crippen LogP contribution in [0.4, 0.5) is 0 Å². The van der Waals surface area contributed by atoms with Crippen LogP contribution in [0.3, 0.4) is 0 Å². The molecule has 1 aromatic heterocycles. The molecule has 0 unspecified atom stereocenters. The number of carbonyl (C=O) groups excluding carboxylic acids is 1. The number of aromatic nitrogens is 1. The first-order valence-electron chi connectivity index (χ1n) is 8.68. The summed E-state index contributed by atoms with van der Waals surface area (Å²) in [5.41, 5.74) is 6.00. The van der Waals surface area contributed by atoms with E-state index in [-0.39, 0.29) is 5.91 Å². The Bertz CT molecular complexity index is 477. The smallest absolute Gasteiger partial charge is 0.229 e. The van der Waals surface area contributed by atoms with Crippen molar-refractivity contribution in [1.29, 1.82) is 0 Å². The van der Waals surface area contributed by atoms with Gasteiger partial charge in [-0.25, -0.2) is 0 Å². The zero-order valence-electron chi connectivity index (χ0n) is 15.5. The Morgan fingerprint density at radius 1 is 1.17 bits per heavy atom. The molecule has 1 amide bonds. The van der Waals surface area contributed by atoms with Crippen LogP contribution in [-0.4, -0.2) is 34.4 Å². The molecule has 0 radical (unpaired) electrons. The van der Waals surface area contributed by atoms with Crippen LogP contribution in [0.15, 0.2) is 24.4 Å². The zero-order chi connectivity index (χ0) is 17.6. The van der Waals surface area contributed by atoms with Crippen molar-refractivity contribution in [2.24, 2.45) is 11.7 Å². The van der Waals surface area contributed by atoms with E-state index in [1.165, 1.54) is 0 Å². The Morgan fingerprint density at radius 2 is 1.78 bits per heavy atom. The van der Waals surface area contributed by atoms with E-state index >= 15 is 0 Å². The largest absolute Gasteiger partial charge is 0.369 e. The van der Waals surface area contributed by atoms with Gasteiger partial charge in [-0.3, -0.25) is 14.7 Å². The Balaban J connectivity index is 3.15. The maximum absolute atomic E-state index is 12.5. The minimum atomic E-state index is -0.697. The van der Waals surface area contributed by atoms with Crippen molar-refractivity contribution in [2.45, 2.75) is 71.9 Å². The molecule has 0 aromatic carbocycles. The molecular formula is C19H33N3O. The minimum Gasteiger partial charge on any atom is -0.369 e. The van der Waals surface area contributed by atoms with Crippen LogP contribution >= 0.6 is 0 Å². The summed E-state index contributed by atoms with van der Waals surface area (Å²) in [5, 5.41) is 0. The maximum Gasteiger partial charge on any atom is 0.229 e. The van der Waals surface area contributed by atoms with Crippen LogP contribution in [0.25, 0.3) is 0 Å². The molecule has 0 saturated carbocycles. The number of nitrogens with zero attached hydrogens (tertiary/aromatic N) is 2. The van der Waals surface area contributed by atoms with Crippen LogP contribution in [0.2, 0.25) is 0 Å². The number of rotatable bonds is 9. The van der Waals surface area contributed by atoms with Gasteiger partial charge in [0.1, 0.15) is 0 Å². The molecule has 0 bridgehead atoms. The number of hydrogen-bond acceptors (Lipinski definition) is 3. The highest BCUT2D eigenvalue weighted by Gasteiger charge is 2.40. The Kier molecular flexibility index (Phi) is 7.20. The Labute approximate surface area is 141 Å². The average molecular weight is 319 g/mol. The van der Waals surface area contributed by atoms with Crippen LogP contribution in [-0.2, 0) is 10.2 Å². The van der Waals surface area contributed by atoms with Crippen molar-refractivity contribution < 1.29 is 4.79 Å². The molecule has 130 valence electrons. The molecule has 1 aromatic rings. The number of nitrogens with two attached hydrogens (primary N) is 1. The fourth-order valence-electron chi connectivity index (χ4n) is 3.46. The molecule has 0 aliphatic rings. The van der Waals surface area contributed by atoms with Gasteiger partial charge in [-0.2, -0.15) is 0 Å². The standard InChI is InChI=1S/C19H33N3O/c1-14(2)13-19(18(20)23,17-9-7-8-11-21-17)10-12-22(15(3)4)16(5)6/h7-9,11,14-16H,10,12-13H2,1-6H3,(H2,20,23)/t19-/m1/s1. The first kappa shape index (κ1) is 19.6. The molecule has 0 fully saturated rings. The molecule has 1 atom stereocenters. The lowest BCUT2D eigenvalue weighted by Gasteiger charge is -2.37. The highest BCUT2D eigenvalue weighted by molar-refractivity contribution is 5.86. The molecule has 2 N–H and O–H groups in total. The van der Waals surface area contributed by atoms with Crippen LogP contribution in [0, 0.1) is 5.92 Å². The fourth-order valence-corrected chi connectivity index (χ4v) is 3.46. The molecule has 0 spiro atoms. The zero-order valence-corrected chi connectivity index (χ0v) is 15.5. The summed E-state index contributed by atoms with van der Waals surface area (Å²) in [7, 11) is 0. The van der Waals surface area contributed by atoms with E-state index in [1.54, 1.807) is 6.20 Å². The van der Waals surface area contributed by atoms with Crippen molar-refractivity contribution in [1.82, 2.24) is 9.88 Å². The van der Waals surface area contributed by atoms with Gasteiger partial charge < -0.3 is 5.73 Å². The lowest BCUT2D eigenvalue weighted by atomic mass is 9.73. The summed E-state index contributed by atoms with van der Waals surface area (Å²) in [6.45, 7) is 13.8. The van der Waals surface area contributed by atoms with Crippen molar-refractivity contribution >= 4 is 5.91 Å². The summed E-state index contributed by atoms with van der Waals surface area (Å²) >= 11 is 0. The average Bonchev–Trinajstić information content (AvgIpc) is 2.45. The first-order chi connectivity index (χ1) is 10.7. The summed E-state index contributed by atoms with van der Waals surface area (Å²) in [5.74, 6) is 0.105. The molecule has 0 aliphatic heterocycles. The maximum atomic E-state index is 12.5. The van der Waals surface area contributed by atoms with E-state index in [0.29, 0.717) is 24.4 Å². The molecule has 1 heterocycles. The quantitative estimate of drug-likeness (QED) is 0.759. The highest BCUT2D eigenvalue weighted by Crippen LogP contribution is 2.34. The van der Waals surface area contributed by atoms with E-state index in [1.807, 2.05) is 18.2 Å². The highest BCUT2D eigenvalue weighted by atomic mass is 16.1. The van der Waals surface area contributed by atoms with Gasteiger partial charge in [0.25, 0.3) is 0 Å². The van der Waals surface area contributed by atoms with Gasteiger partial charge >= 0.3 is 0 Å². The second kappa shape index (κ2) is 8.44. The number of amides is 1. The molecule has 23 heavy (non-hydrogen) atoms. The van der Waals surface area contributed by atoms with E-state index in [2.05, 4.69) is 51.4 Å². The summed E-state index contributed by atoms with van der Waals surface area (Å²) in [6, 6.07) is 6.61. The van der Waals surface area contributed by atoms with Crippen molar-refractivity contribution in [2.75, 3.05) is 6.54 Å². The van der Waals surface area contributed by atoms with E-state index in [9.17, 15) is 4.79 Å². The van der Waals surface area contributed by atoms with Gasteiger partial charge in [-0.15, -0.1) is 0 Å². The van der Waals surface area contributed by atoms with Crippen molar-refractivity contribution in [3.8, 4) is 0 Å².